The lowest BCUT2D eigenvalue weighted by molar-refractivity contribution is -0.400. The van der Waals surface area contributed by atoms with Crippen LogP contribution >= 0.6 is 23.2 Å². The molecule has 1 aliphatic rings. The van der Waals surface area contributed by atoms with Crippen molar-refractivity contribution in [3.8, 4) is 28.3 Å². The zero-order valence-electron chi connectivity index (χ0n) is 22.9. The van der Waals surface area contributed by atoms with E-state index < -0.39 is 29.9 Å². The van der Waals surface area contributed by atoms with Gasteiger partial charge in [-0.1, -0.05) is 59.6 Å². The highest BCUT2D eigenvalue weighted by molar-refractivity contribution is 6.39. The largest absolute Gasteiger partial charge is 0.499 e. The summed E-state index contributed by atoms with van der Waals surface area (Å²) in [5.41, 5.74) is 3.51. The van der Waals surface area contributed by atoms with Gasteiger partial charge in [0.1, 0.15) is 0 Å². The number of aliphatic hydroxyl groups excluding tert-OH is 1. The average Bonchev–Trinajstić information content (AvgIpc) is 2.95. The van der Waals surface area contributed by atoms with Crippen LogP contribution in [0.4, 0.5) is 10.5 Å². The fraction of sp³-hybridized carbons (Fsp3) is 0.276. The van der Waals surface area contributed by atoms with Crippen LogP contribution in [-0.2, 0) is 16.1 Å². The van der Waals surface area contributed by atoms with Gasteiger partial charge in [-0.3, -0.25) is 4.79 Å². The molecule has 10 nitrogen and oxygen atoms in total. The van der Waals surface area contributed by atoms with Gasteiger partial charge in [-0.15, -0.1) is 0 Å². The molecule has 1 unspecified atom stereocenters. The number of anilines is 1. The van der Waals surface area contributed by atoms with Crippen LogP contribution in [0, 0.1) is 5.92 Å². The minimum atomic E-state index is -1.19. The molecule has 3 aromatic rings. The van der Waals surface area contributed by atoms with E-state index in [4.69, 9.17) is 27.9 Å². The van der Waals surface area contributed by atoms with E-state index in [0.717, 1.165) is 10.5 Å². The molecule has 0 fully saturated rings. The van der Waals surface area contributed by atoms with Crippen LogP contribution in [0.5, 0.6) is 5.88 Å². The summed E-state index contributed by atoms with van der Waals surface area (Å²) < 4.78 is 6.69. The summed E-state index contributed by atoms with van der Waals surface area (Å²) in [4.78, 5) is 43.1. The number of pyridine rings is 1. The summed E-state index contributed by atoms with van der Waals surface area (Å²) in [5.74, 6) is -2.03. The summed E-state index contributed by atoms with van der Waals surface area (Å²) in [5, 5.41) is 16.0. The number of ether oxygens (including phenoxy) is 1. The number of benzene rings is 2. The van der Waals surface area contributed by atoms with Crippen molar-refractivity contribution in [2.24, 2.45) is 5.92 Å². The predicted octanol–water partition coefficient (Wildman–Crippen LogP) is 4.06. The van der Waals surface area contributed by atoms with Crippen LogP contribution in [0.2, 0.25) is 10.0 Å². The Bertz CT molecular complexity index is 1540. The first-order valence-corrected chi connectivity index (χ1v) is 13.5. The zero-order valence-corrected chi connectivity index (χ0v) is 24.5. The van der Waals surface area contributed by atoms with Crippen LogP contribution < -0.4 is 15.4 Å². The number of aliphatic hydroxyl groups is 1. The van der Waals surface area contributed by atoms with E-state index in [1.165, 1.54) is 32.0 Å². The maximum atomic E-state index is 13.0. The molecule has 4 amide bonds. The van der Waals surface area contributed by atoms with Gasteiger partial charge in [-0.25, -0.2) is 14.4 Å². The van der Waals surface area contributed by atoms with Gasteiger partial charge >= 0.3 is 11.9 Å². The predicted molar refractivity (Wildman–Crippen MR) is 158 cm³/mol. The molecule has 2 heterocycles. The molecule has 1 aromatic heterocycles. The number of amides is 4. The molecule has 0 radical (unpaired) electrons. The smallest absolute Gasteiger partial charge is 0.481 e. The molecule has 0 aliphatic carbocycles. The van der Waals surface area contributed by atoms with E-state index in [9.17, 15) is 19.5 Å². The highest BCUT2D eigenvalue weighted by Gasteiger charge is 2.43. The minimum absolute atomic E-state index is 0.228. The SMILES string of the molecule is COc1nc(-c2cccc(-c3cccc(NC(=O)C4C=[N+](C)C(=O)N(C)C4=O)c3Cl)c2Cl)ccc1CNC[C@@H](C)O. The third-order valence-electron chi connectivity index (χ3n) is 6.55. The lowest BCUT2D eigenvalue weighted by Gasteiger charge is -2.19. The molecular formula is C29H30Cl2N5O5+. The number of carbonyl (C=O) groups is 3. The Morgan fingerprint density at radius 2 is 1.76 bits per heavy atom. The van der Waals surface area contributed by atoms with Crippen molar-refractivity contribution in [2.45, 2.75) is 19.6 Å². The second kappa shape index (κ2) is 12.8. The number of hydrogen-bond donors (Lipinski definition) is 3. The van der Waals surface area contributed by atoms with E-state index in [0.29, 0.717) is 46.4 Å². The Balaban J connectivity index is 1.63. The van der Waals surface area contributed by atoms with Gasteiger partial charge in [0.2, 0.25) is 11.8 Å². The monoisotopic (exact) mass is 598 g/mol. The first-order chi connectivity index (χ1) is 19.5. The summed E-state index contributed by atoms with van der Waals surface area (Å²) in [7, 11) is 4.33. The molecule has 4 rings (SSSR count). The van der Waals surface area contributed by atoms with Gasteiger partial charge in [-0.2, -0.15) is 9.69 Å². The Labute approximate surface area is 247 Å². The molecule has 2 aromatic carbocycles. The number of aromatic nitrogens is 1. The molecular weight excluding hydrogens is 569 g/mol. The number of urea groups is 1. The molecule has 0 saturated heterocycles. The van der Waals surface area contributed by atoms with Gasteiger partial charge in [0, 0.05) is 35.3 Å². The summed E-state index contributed by atoms with van der Waals surface area (Å²) in [6.45, 7) is 2.60. The number of imide groups is 1. The Morgan fingerprint density at radius 3 is 2.44 bits per heavy atom. The topological polar surface area (TPSA) is 124 Å². The number of nitrogens with zero attached hydrogens (tertiary/aromatic N) is 3. The maximum absolute atomic E-state index is 13.0. The third kappa shape index (κ3) is 6.41. The highest BCUT2D eigenvalue weighted by Crippen LogP contribution is 2.41. The van der Waals surface area contributed by atoms with Crippen molar-refractivity contribution < 1.29 is 28.8 Å². The fourth-order valence-electron chi connectivity index (χ4n) is 4.40. The maximum Gasteiger partial charge on any atom is 0.499 e. The molecule has 214 valence electrons. The number of hydrogen-bond acceptors (Lipinski definition) is 7. The van der Waals surface area contributed by atoms with E-state index >= 15 is 0 Å². The molecule has 0 spiro atoms. The van der Waals surface area contributed by atoms with Crippen LogP contribution in [0.15, 0.2) is 48.5 Å². The zero-order chi connectivity index (χ0) is 29.8. The van der Waals surface area contributed by atoms with Crippen molar-refractivity contribution in [2.75, 3.05) is 33.1 Å². The average molecular weight is 599 g/mol. The summed E-state index contributed by atoms with van der Waals surface area (Å²) >= 11 is 13.6. The Morgan fingerprint density at radius 1 is 1.10 bits per heavy atom. The fourth-order valence-corrected chi connectivity index (χ4v) is 5.00. The summed E-state index contributed by atoms with van der Waals surface area (Å²) in [6, 6.07) is 13.7. The molecule has 2 atom stereocenters. The van der Waals surface area contributed by atoms with Crippen molar-refractivity contribution in [3.63, 3.8) is 0 Å². The van der Waals surface area contributed by atoms with Crippen LogP contribution in [0.1, 0.15) is 12.5 Å². The molecule has 0 bridgehead atoms. The molecule has 3 N–H and O–H groups in total. The standard InChI is InChI=1S/C29H29Cl2N5O5/c1-16(37)13-32-14-17-11-12-22(34-27(17)41-4)20-9-5-7-18(24(20)30)19-8-6-10-23(25(19)31)33-26(38)21-15-35(2)29(40)36(3)28(21)39/h5-12,15-16,21,32,37H,13-14H2,1-4H3/p+1/t16-,21?/m1/s1. The van der Waals surface area contributed by atoms with Crippen LogP contribution in [-0.4, -0.2) is 77.5 Å². The van der Waals surface area contributed by atoms with E-state index in [1.807, 2.05) is 24.3 Å². The van der Waals surface area contributed by atoms with E-state index in [2.05, 4.69) is 15.6 Å². The van der Waals surface area contributed by atoms with E-state index in [-0.39, 0.29) is 10.7 Å². The Hall–Kier alpha value is -3.83. The second-order valence-electron chi connectivity index (χ2n) is 9.59. The minimum Gasteiger partial charge on any atom is -0.481 e. The first kappa shape index (κ1) is 30.1. The second-order valence-corrected chi connectivity index (χ2v) is 10.3. The number of nitrogens with one attached hydrogen (secondary N) is 2. The molecule has 1 aliphatic heterocycles. The van der Waals surface area contributed by atoms with Gasteiger partial charge in [0.05, 0.1) is 55.0 Å². The summed E-state index contributed by atoms with van der Waals surface area (Å²) in [6.07, 6.45) is 0.795. The lowest BCUT2D eigenvalue weighted by atomic mass is 10.00. The van der Waals surface area contributed by atoms with Crippen molar-refractivity contribution in [1.29, 1.82) is 0 Å². The Kier molecular flexibility index (Phi) is 9.39. The number of methoxy groups -OCH3 is 1. The van der Waals surface area contributed by atoms with Gasteiger partial charge in [0.15, 0.2) is 5.92 Å². The normalized spacial score (nSPS) is 15.9. The highest BCUT2D eigenvalue weighted by atomic mass is 35.5. The third-order valence-corrected chi connectivity index (χ3v) is 7.36. The van der Waals surface area contributed by atoms with Gasteiger partial charge in [0.25, 0.3) is 0 Å². The molecule has 41 heavy (non-hydrogen) atoms. The van der Waals surface area contributed by atoms with Gasteiger partial charge < -0.3 is 20.5 Å². The van der Waals surface area contributed by atoms with Crippen LogP contribution in [0.3, 0.4) is 0 Å². The van der Waals surface area contributed by atoms with Crippen LogP contribution in [0.25, 0.3) is 22.4 Å². The van der Waals surface area contributed by atoms with Gasteiger partial charge in [-0.05, 0) is 19.1 Å². The first-order valence-electron chi connectivity index (χ1n) is 12.7. The quantitative estimate of drug-likeness (QED) is 0.250. The number of halogens is 2. The lowest BCUT2D eigenvalue weighted by Crippen LogP contribution is -2.51. The van der Waals surface area contributed by atoms with Crippen molar-refractivity contribution >= 4 is 52.9 Å². The van der Waals surface area contributed by atoms with Crippen molar-refractivity contribution in [3.05, 3.63) is 64.1 Å². The van der Waals surface area contributed by atoms with E-state index in [1.54, 1.807) is 31.2 Å². The molecule has 12 heteroatoms. The number of carbonyl (C=O) groups excluding carboxylic acids is 3. The van der Waals surface area contributed by atoms with Crippen molar-refractivity contribution in [1.82, 2.24) is 15.2 Å². The number of rotatable bonds is 9. The molecule has 0 saturated carbocycles.